The zero-order chi connectivity index (χ0) is 26.7. The zero-order valence-electron chi connectivity index (χ0n) is 19.0. The van der Waals surface area contributed by atoms with Crippen LogP contribution in [0.2, 0.25) is 5.02 Å². The van der Waals surface area contributed by atoms with Crippen LogP contribution in [0.1, 0.15) is 11.1 Å². The summed E-state index contributed by atoms with van der Waals surface area (Å²) >= 11 is 6.65. The summed E-state index contributed by atoms with van der Waals surface area (Å²) < 4.78 is 35.9. The van der Waals surface area contributed by atoms with E-state index >= 15 is 0 Å². The van der Waals surface area contributed by atoms with Gasteiger partial charge >= 0.3 is 10.1 Å². The number of methoxy groups -OCH3 is 1. The number of nitro benzene ring substituents is 1. The van der Waals surface area contributed by atoms with E-state index in [9.17, 15) is 28.1 Å². The van der Waals surface area contributed by atoms with Crippen molar-refractivity contribution in [2.45, 2.75) is 11.4 Å². The van der Waals surface area contributed by atoms with Gasteiger partial charge in [0, 0.05) is 11.1 Å². The predicted molar refractivity (Wildman–Crippen MR) is 137 cm³/mol. The lowest BCUT2D eigenvalue weighted by Gasteiger charge is -2.12. The van der Waals surface area contributed by atoms with Crippen molar-refractivity contribution >= 4 is 56.4 Å². The first-order valence-electron chi connectivity index (χ1n) is 10.4. The van der Waals surface area contributed by atoms with Crippen molar-refractivity contribution in [3.8, 4) is 11.5 Å². The fraction of sp³-hybridized carbons (Fsp3) is 0.0833. The molecule has 0 bridgehead atoms. The number of hydrogen-bond donors (Lipinski definition) is 0. The van der Waals surface area contributed by atoms with E-state index in [1.54, 1.807) is 24.3 Å². The van der Waals surface area contributed by atoms with Crippen molar-refractivity contribution in [1.82, 2.24) is 4.90 Å². The maximum Gasteiger partial charge on any atom is 0.346 e. The Labute approximate surface area is 220 Å². The highest BCUT2D eigenvalue weighted by Gasteiger charge is 2.35. The van der Waals surface area contributed by atoms with Gasteiger partial charge in [-0.3, -0.25) is 24.6 Å². The standard InChI is InChI=1S/C24H17ClN2O8S2/c1-34-20-12-16(8-11-19(20)35-37(32,33)22-5-3-2-4-18(22)27(30)31)13-21-23(28)26(24(29)36-21)14-15-6-9-17(25)10-7-15/h2-13H,14H2,1H3/b21-13-. The van der Waals surface area contributed by atoms with Crippen molar-refractivity contribution in [2.24, 2.45) is 0 Å². The maximum absolute atomic E-state index is 12.8. The van der Waals surface area contributed by atoms with Gasteiger partial charge < -0.3 is 8.92 Å². The van der Waals surface area contributed by atoms with E-state index < -0.39 is 36.8 Å². The van der Waals surface area contributed by atoms with E-state index in [0.29, 0.717) is 10.6 Å². The summed E-state index contributed by atoms with van der Waals surface area (Å²) in [6.45, 7) is 0.0821. The van der Waals surface area contributed by atoms with Gasteiger partial charge in [-0.15, -0.1) is 0 Å². The number of rotatable bonds is 8. The van der Waals surface area contributed by atoms with Crippen LogP contribution in [0, 0.1) is 10.1 Å². The van der Waals surface area contributed by atoms with Crippen LogP contribution in [0.3, 0.4) is 0 Å². The van der Waals surface area contributed by atoms with Crippen molar-refractivity contribution < 1.29 is 31.9 Å². The van der Waals surface area contributed by atoms with Gasteiger partial charge in [0.15, 0.2) is 16.4 Å². The van der Waals surface area contributed by atoms with Crippen LogP contribution in [0.5, 0.6) is 11.5 Å². The highest BCUT2D eigenvalue weighted by Crippen LogP contribution is 2.36. The number of nitro groups is 1. The van der Waals surface area contributed by atoms with Crippen LogP contribution in [-0.2, 0) is 21.5 Å². The highest BCUT2D eigenvalue weighted by molar-refractivity contribution is 8.18. The molecule has 0 aliphatic carbocycles. The SMILES string of the molecule is COc1cc(/C=C2\SC(=O)N(Cc3ccc(Cl)cc3)C2=O)ccc1OS(=O)(=O)c1ccccc1[N+](=O)[O-]. The Balaban J connectivity index is 1.57. The first-order chi connectivity index (χ1) is 17.6. The van der Waals surface area contributed by atoms with Crippen LogP contribution in [0.4, 0.5) is 10.5 Å². The van der Waals surface area contributed by atoms with E-state index in [1.807, 2.05) is 0 Å². The normalized spacial score (nSPS) is 14.8. The fourth-order valence-corrected chi connectivity index (χ4v) is 5.46. The second kappa shape index (κ2) is 10.6. The molecule has 0 unspecified atom stereocenters. The van der Waals surface area contributed by atoms with Crippen LogP contribution < -0.4 is 8.92 Å². The van der Waals surface area contributed by atoms with Gasteiger partial charge in [0.1, 0.15) is 0 Å². The van der Waals surface area contributed by atoms with Crippen LogP contribution in [0.25, 0.3) is 6.08 Å². The molecule has 0 aromatic heterocycles. The van der Waals surface area contributed by atoms with Gasteiger partial charge in [0.2, 0.25) is 0 Å². The molecule has 0 atom stereocenters. The van der Waals surface area contributed by atoms with Gasteiger partial charge in [0.25, 0.3) is 16.8 Å². The van der Waals surface area contributed by atoms with Gasteiger partial charge in [-0.1, -0.05) is 41.9 Å². The minimum absolute atomic E-state index is 0.00342. The second-order valence-electron chi connectivity index (χ2n) is 7.57. The Morgan fingerprint density at radius 3 is 2.43 bits per heavy atom. The van der Waals surface area contributed by atoms with Gasteiger partial charge in [-0.05, 0) is 59.3 Å². The summed E-state index contributed by atoms with van der Waals surface area (Å²) in [6, 6.07) is 15.7. The molecular formula is C24H17ClN2O8S2. The number of ether oxygens (including phenoxy) is 1. The van der Waals surface area contributed by atoms with Gasteiger partial charge in [0.05, 0.1) is 23.5 Å². The Bertz CT molecular complexity index is 1540. The molecule has 1 aliphatic heterocycles. The minimum Gasteiger partial charge on any atom is -0.493 e. The molecule has 3 aromatic carbocycles. The molecule has 3 aromatic rings. The van der Waals surface area contributed by atoms with E-state index in [0.717, 1.165) is 34.4 Å². The molecule has 0 N–H and O–H groups in total. The molecule has 1 saturated heterocycles. The molecule has 1 fully saturated rings. The minimum atomic E-state index is -4.57. The summed E-state index contributed by atoms with van der Waals surface area (Å²) in [6.07, 6.45) is 1.47. The van der Waals surface area contributed by atoms with Crippen molar-refractivity contribution in [3.05, 3.63) is 97.9 Å². The number of thioether (sulfide) groups is 1. The Hall–Kier alpha value is -3.87. The van der Waals surface area contributed by atoms with Crippen molar-refractivity contribution in [3.63, 3.8) is 0 Å². The topological polar surface area (TPSA) is 133 Å². The first kappa shape index (κ1) is 26.2. The number of nitrogens with zero attached hydrogens (tertiary/aromatic N) is 2. The summed E-state index contributed by atoms with van der Waals surface area (Å²) in [4.78, 5) is 36.4. The molecule has 0 saturated carbocycles. The molecule has 13 heteroatoms. The fourth-order valence-electron chi connectivity index (χ4n) is 3.39. The molecule has 1 heterocycles. The molecule has 190 valence electrons. The molecular weight excluding hydrogens is 544 g/mol. The molecule has 0 spiro atoms. The van der Waals surface area contributed by atoms with Crippen molar-refractivity contribution in [2.75, 3.05) is 7.11 Å². The summed E-state index contributed by atoms with van der Waals surface area (Å²) in [7, 11) is -3.29. The molecule has 10 nitrogen and oxygen atoms in total. The quantitative estimate of drug-likeness (QED) is 0.156. The zero-order valence-corrected chi connectivity index (χ0v) is 21.4. The molecule has 0 radical (unpaired) electrons. The predicted octanol–water partition coefficient (Wildman–Crippen LogP) is 5.26. The second-order valence-corrected chi connectivity index (χ2v) is 10.5. The maximum atomic E-state index is 12.8. The summed E-state index contributed by atoms with van der Waals surface area (Å²) in [5.41, 5.74) is 0.535. The smallest absolute Gasteiger partial charge is 0.346 e. The third kappa shape index (κ3) is 5.77. The Kier molecular flexibility index (Phi) is 7.52. The number of para-hydroxylation sites is 1. The highest BCUT2D eigenvalue weighted by atomic mass is 35.5. The largest absolute Gasteiger partial charge is 0.493 e. The number of imide groups is 1. The number of carbonyl (C=O) groups is 2. The average molecular weight is 561 g/mol. The third-order valence-electron chi connectivity index (χ3n) is 5.14. The number of halogens is 1. The number of amides is 2. The number of benzene rings is 3. The van der Waals surface area contributed by atoms with Crippen LogP contribution >= 0.6 is 23.4 Å². The lowest BCUT2D eigenvalue weighted by Crippen LogP contribution is -2.27. The van der Waals surface area contributed by atoms with Gasteiger partial charge in [-0.2, -0.15) is 8.42 Å². The van der Waals surface area contributed by atoms with Crippen molar-refractivity contribution in [1.29, 1.82) is 0 Å². The van der Waals surface area contributed by atoms with Gasteiger partial charge in [-0.25, -0.2) is 0 Å². The Morgan fingerprint density at radius 1 is 1.05 bits per heavy atom. The lowest BCUT2D eigenvalue weighted by atomic mass is 10.1. The first-order valence-corrected chi connectivity index (χ1v) is 13.0. The van der Waals surface area contributed by atoms with Crippen LogP contribution in [0.15, 0.2) is 76.5 Å². The molecule has 4 rings (SSSR count). The molecule has 37 heavy (non-hydrogen) atoms. The Morgan fingerprint density at radius 2 is 1.76 bits per heavy atom. The summed E-state index contributed by atoms with van der Waals surface area (Å²) in [5.74, 6) is -0.701. The van der Waals surface area contributed by atoms with E-state index in [2.05, 4.69) is 0 Å². The molecule has 2 amide bonds. The van der Waals surface area contributed by atoms with E-state index in [4.69, 9.17) is 20.5 Å². The van der Waals surface area contributed by atoms with E-state index in [1.165, 1.54) is 43.5 Å². The average Bonchev–Trinajstić information content (AvgIpc) is 3.13. The number of hydrogen-bond acceptors (Lipinski definition) is 9. The van der Waals surface area contributed by atoms with Crippen LogP contribution in [-0.4, -0.2) is 36.5 Å². The van der Waals surface area contributed by atoms with E-state index in [-0.39, 0.29) is 22.9 Å². The summed E-state index contributed by atoms with van der Waals surface area (Å²) in [5, 5.41) is 11.3. The monoisotopic (exact) mass is 560 g/mol. The third-order valence-corrected chi connectivity index (χ3v) is 7.59. The number of carbonyl (C=O) groups excluding carboxylic acids is 2. The lowest BCUT2D eigenvalue weighted by molar-refractivity contribution is -0.387. The molecule has 1 aliphatic rings.